The molecular weight excluding hydrogens is 292 g/mol. The molecule has 2 aromatic carbocycles. The summed E-state index contributed by atoms with van der Waals surface area (Å²) in [5, 5.41) is 13.1. The molecule has 0 fully saturated rings. The molecule has 5 nitrogen and oxygen atoms in total. The van der Waals surface area contributed by atoms with E-state index in [0.717, 1.165) is 5.56 Å². The average Bonchev–Trinajstić information content (AvgIpc) is 2.96. The Morgan fingerprint density at radius 1 is 1.26 bits per heavy atom. The molecule has 0 saturated carbocycles. The average molecular weight is 306 g/mol. The van der Waals surface area contributed by atoms with Crippen molar-refractivity contribution in [3.8, 4) is 6.07 Å². The Kier molecular flexibility index (Phi) is 3.98. The molecule has 23 heavy (non-hydrogen) atoms. The number of methoxy groups -OCH3 is 1. The number of carbonyl (C=O) groups excluding carboxylic acids is 1. The number of fused-ring (bicyclic) bond motifs is 1. The molecule has 1 N–H and O–H groups in total. The Morgan fingerprint density at radius 3 is 2.74 bits per heavy atom. The summed E-state index contributed by atoms with van der Waals surface area (Å²) >= 11 is 0. The summed E-state index contributed by atoms with van der Waals surface area (Å²) < 4.78 is 10.4. The fourth-order valence-corrected chi connectivity index (χ4v) is 2.36. The van der Waals surface area contributed by atoms with Crippen molar-refractivity contribution >= 4 is 22.8 Å². The molecule has 3 rings (SSSR count). The summed E-state index contributed by atoms with van der Waals surface area (Å²) in [6, 6.07) is 16.8. The van der Waals surface area contributed by atoms with Crippen LogP contribution in [-0.2, 0) is 11.3 Å². The number of furan rings is 1. The van der Waals surface area contributed by atoms with E-state index in [-0.39, 0.29) is 0 Å². The van der Waals surface area contributed by atoms with Crippen LogP contribution in [-0.4, -0.2) is 13.1 Å². The standard InChI is InChI=1S/C18H14N2O3/c1-22-18(21)13-7-8-16-14(9-13)15(10-19)17(23-16)20-11-12-5-3-2-4-6-12/h2-9,20H,11H2,1H3. The minimum absolute atomic E-state index is 0.377. The van der Waals surface area contributed by atoms with E-state index in [4.69, 9.17) is 9.15 Å². The summed E-state index contributed by atoms with van der Waals surface area (Å²) in [5.41, 5.74) is 2.38. The quantitative estimate of drug-likeness (QED) is 0.744. The van der Waals surface area contributed by atoms with E-state index >= 15 is 0 Å². The Morgan fingerprint density at radius 2 is 2.04 bits per heavy atom. The van der Waals surface area contributed by atoms with Gasteiger partial charge in [0.15, 0.2) is 0 Å². The van der Waals surface area contributed by atoms with Gasteiger partial charge < -0.3 is 14.5 Å². The maximum atomic E-state index is 11.6. The predicted octanol–water partition coefficient (Wildman–Crippen LogP) is 3.70. The molecule has 0 atom stereocenters. The van der Waals surface area contributed by atoms with Crippen LogP contribution in [0.25, 0.3) is 11.0 Å². The van der Waals surface area contributed by atoms with Gasteiger partial charge >= 0.3 is 5.97 Å². The molecule has 0 unspecified atom stereocenters. The molecule has 0 aliphatic heterocycles. The van der Waals surface area contributed by atoms with Crippen molar-refractivity contribution in [2.45, 2.75) is 6.54 Å². The molecule has 0 bridgehead atoms. The first kappa shape index (κ1) is 14.7. The van der Waals surface area contributed by atoms with Gasteiger partial charge in [0.25, 0.3) is 0 Å². The van der Waals surface area contributed by atoms with Crippen molar-refractivity contribution in [1.29, 1.82) is 5.26 Å². The summed E-state index contributed by atoms with van der Waals surface area (Å²) in [4.78, 5) is 11.6. The number of hydrogen-bond acceptors (Lipinski definition) is 5. The van der Waals surface area contributed by atoms with Crippen LogP contribution in [0.5, 0.6) is 0 Å². The Hall–Kier alpha value is -3.26. The highest BCUT2D eigenvalue weighted by Gasteiger charge is 2.16. The molecule has 0 aliphatic carbocycles. The summed E-state index contributed by atoms with van der Waals surface area (Å²) in [6.45, 7) is 0.541. The lowest BCUT2D eigenvalue weighted by Crippen LogP contribution is -2.00. The molecule has 0 amide bonds. The second-order valence-corrected chi connectivity index (χ2v) is 4.96. The zero-order valence-corrected chi connectivity index (χ0v) is 12.5. The van der Waals surface area contributed by atoms with Gasteiger partial charge in [-0.25, -0.2) is 4.79 Å². The Labute approximate surface area is 133 Å². The second-order valence-electron chi connectivity index (χ2n) is 4.96. The van der Waals surface area contributed by atoms with Crippen LogP contribution in [0.4, 0.5) is 5.88 Å². The van der Waals surface area contributed by atoms with Crippen molar-refractivity contribution in [3.63, 3.8) is 0 Å². The van der Waals surface area contributed by atoms with Crippen LogP contribution in [0, 0.1) is 11.3 Å². The zero-order valence-electron chi connectivity index (χ0n) is 12.5. The number of nitrogens with one attached hydrogen (secondary N) is 1. The third-order valence-electron chi connectivity index (χ3n) is 3.52. The molecule has 0 spiro atoms. The van der Waals surface area contributed by atoms with Crippen LogP contribution in [0.2, 0.25) is 0 Å². The highest BCUT2D eigenvalue weighted by Crippen LogP contribution is 2.30. The van der Waals surface area contributed by atoms with Gasteiger partial charge in [-0.1, -0.05) is 30.3 Å². The van der Waals surface area contributed by atoms with E-state index in [2.05, 4.69) is 11.4 Å². The van der Waals surface area contributed by atoms with Crippen molar-refractivity contribution in [2.75, 3.05) is 12.4 Å². The van der Waals surface area contributed by atoms with E-state index in [1.54, 1.807) is 18.2 Å². The third-order valence-corrected chi connectivity index (χ3v) is 3.52. The first-order chi connectivity index (χ1) is 11.2. The predicted molar refractivity (Wildman–Crippen MR) is 86.0 cm³/mol. The highest BCUT2D eigenvalue weighted by atomic mass is 16.5. The summed E-state index contributed by atoms with van der Waals surface area (Å²) in [6.07, 6.45) is 0. The highest BCUT2D eigenvalue weighted by molar-refractivity contribution is 5.97. The lowest BCUT2D eigenvalue weighted by atomic mass is 10.1. The number of benzene rings is 2. The van der Waals surface area contributed by atoms with E-state index in [0.29, 0.717) is 34.5 Å². The molecule has 0 radical (unpaired) electrons. The number of nitriles is 1. The number of carbonyl (C=O) groups is 1. The molecule has 5 heteroatoms. The van der Waals surface area contributed by atoms with E-state index in [1.165, 1.54) is 7.11 Å². The van der Waals surface area contributed by atoms with Gasteiger partial charge in [-0.05, 0) is 23.8 Å². The monoisotopic (exact) mass is 306 g/mol. The minimum atomic E-state index is -0.448. The van der Waals surface area contributed by atoms with Crippen LogP contribution < -0.4 is 5.32 Å². The van der Waals surface area contributed by atoms with Gasteiger partial charge in [0, 0.05) is 11.9 Å². The van der Waals surface area contributed by atoms with Gasteiger partial charge in [-0.15, -0.1) is 0 Å². The summed E-state index contributed by atoms with van der Waals surface area (Å²) in [5.74, 6) is -0.0517. The number of hydrogen-bond donors (Lipinski definition) is 1. The number of nitrogens with zero attached hydrogens (tertiary/aromatic N) is 1. The second kappa shape index (κ2) is 6.24. The summed E-state index contributed by atoms with van der Waals surface area (Å²) in [7, 11) is 1.32. The van der Waals surface area contributed by atoms with E-state index in [9.17, 15) is 10.1 Å². The van der Waals surface area contributed by atoms with Crippen LogP contribution in [0.3, 0.4) is 0 Å². The van der Waals surface area contributed by atoms with Gasteiger partial charge in [0.2, 0.25) is 5.88 Å². The number of ether oxygens (including phenoxy) is 1. The van der Waals surface area contributed by atoms with Crippen molar-refractivity contribution in [2.24, 2.45) is 0 Å². The Balaban J connectivity index is 1.95. The van der Waals surface area contributed by atoms with Crippen molar-refractivity contribution < 1.29 is 13.9 Å². The smallest absolute Gasteiger partial charge is 0.337 e. The van der Waals surface area contributed by atoms with E-state index in [1.807, 2.05) is 30.3 Å². The van der Waals surface area contributed by atoms with Crippen molar-refractivity contribution in [1.82, 2.24) is 0 Å². The first-order valence-corrected chi connectivity index (χ1v) is 7.05. The van der Waals surface area contributed by atoms with Gasteiger partial charge in [-0.3, -0.25) is 0 Å². The topological polar surface area (TPSA) is 75.3 Å². The number of esters is 1. The molecule has 114 valence electrons. The minimum Gasteiger partial charge on any atom is -0.465 e. The van der Waals surface area contributed by atoms with Gasteiger partial charge in [-0.2, -0.15) is 5.26 Å². The molecule has 1 aromatic heterocycles. The number of rotatable bonds is 4. The third kappa shape index (κ3) is 2.87. The SMILES string of the molecule is COC(=O)c1ccc2oc(NCc3ccccc3)c(C#N)c2c1. The van der Waals surface area contributed by atoms with Crippen LogP contribution >= 0.6 is 0 Å². The van der Waals surface area contributed by atoms with Crippen LogP contribution in [0.1, 0.15) is 21.5 Å². The normalized spacial score (nSPS) is 10.3. The maximum Gasteiger partial charge on any atom is 0.337 e. The van der Waals surface area contributed by atoms with Crippen LogP contribution in [0.15, 0.2) is 52.9 Å². The molecule has 0 aliphatic rings. The lowest BCUT2D eigenvalue weighted by Gasteiger charge is -2.03. The fraction of sp³-hybridized carbons (Fsp3) is 0.111. The fourth-order valence-electron chi connectivity index (χ4n) is 2.36. The van der Waals surface area contributed by atoms with Gasteiger partial charge in [0.05, 0.1) is 12.7 Å². The maximum absolute atomic E-state index is 11.6. The molecule has 3 aromatic rings. The van der Waals surface area contributed by atoms with Gasteiger partial charge in [0.1, 0.15) is 17.2 Å². The molecule has 1 heterocycles. The first-order valence-electron chi connectivity index (χ1n) is 7.05. The van der Waals surface area contributed by atoms with E-state index < -0.39 is 5.97 Å². The largest absolute Gasteiger partial charge is 0.465 e. The molecular formula is C18H14N2O3. The van der Waals surface area contributed by atoms with Crippen molar-refractivity contribution in [3.05, 3.63) is 65.2 Å². The Bertz CT molecular complexity index is 892. The zero-order chi connectivity index (χ0) is 16.2. The lowest BCUT2D eigenvalue weighted by molar-refractivity contribution is 0.0601. The molecule has 0 saturated heterocycles. The number of anilines is 1.